The van der Waals surface area contributed by atoms with E-state index in [2.05, 4.69) is 23.0 Å². The van der Waals surface area contributed by atoms with E-state index in [4.69, 9.17) is 0 Å². The van der Waals surface area contributed by atoms with E-state index < -0.39 is 0 Å². The molecule has 2 fully saturated rings. The molecule has 2 saturated carbocycles. The predicted octanol–water partition coefficient (Wildman–Crippen LogP) is 3.49. The van der Waals surface area contributed by atoms with Gasteiger partial charge in [-0.2, -0.15) is 0 Å². The van der Waals surface area contributed by atoms with Crippen molar-refractivity contribution in [1.82, 2.24) is 0 Å². The van der Waals surface area contributed by atoms with Crippen LogP contribution in [-0.4, -0.2) is 13.1 Å². The van der Waals surface area contributed by atoms with Crippen LogP contribution in [0.2, 0.25) is 0 Å². The van der Waals surface area contributed by atoms with Gasteiger partial charge in [0.05, 0.1) is 7.11 Å². The summed E-state index contributed by atoms with van der Waals surface area (Å²) in [5.74, 6) is 3.06. The van der Waals surface area contributed by atoms with Gasteiger partial charge in [0.15, 0.2) is 0 Å². The minimum Gasteiger partial charge on any atom is -0.466 e. The van der Waals surface area contributed by atoms with Crippen LogP contribution in [0, 0.1) is 23.7 Å². The summed E-state index contributed by atoms with van der Waals surface area (Å²) in [5.41, 5.74) is 0.934. The fraction of sp³-hybridized carbons (Fsp3) is 0.688. The summed E-state index contributed by atoms with van der Waals surface area (Å²) in [4.78, 5) is 11.1. The van der Waals surface area contributed by atoms with E-state index in [0.29, 0.717) is 11.8 Å². The normalized spacial score (nSPS) is 38.4. The fourth-order valence-corrected chi connectivity index (χ4v) is 3.91. The van der Waals surface area contributed by atoms with E-state index in [1.54, 1.807) is 0 Å². The van der Waals surface area contributed by atoms with Gasteiger partial charge in [0.25, 0.3) is 0 Å². The molecule has 98 valence electrons. The molecule has 4 unspecified atom stereocenters. The summed E-state index contributed by atoms with van der Waals surface area (Å²) in [5, 5.41) is 0. The number of rotatable bonds is 1. The van der Waals surface area contributed by atoms with Crippen LogP contribution >= 0.6 is 0 Å². The molecule has 4 bridgehead atoms. The number of methoxy groups -OCH3 is 1. The summed E-state index contributed by atoms with van der Waals surface area (Å²) in [6.07, 6.45) is 14.9. The standard InChI is InChI=1S/C9H12O2.C7H10/c1-11-9(10)8-5-6-2-3-7(8)4-6;1-2-7-4-3-6(1)5-7/h5-7H,2-4H2,1H3;1-2,6-7H,3-5H2. The lowest BCUT2D eigenvalue weighted by Crippen LogP contribution is -2.10. The first-order chi connectivity index (χ1) is 8.76. The van der Waals surface area contributed by atoms with E-state index >= 15 is 0 Å². The van der Waals surface area contributed by atoms with Crippen LogP contribution in [0.3, 0.4) is 0 Å². The highest BCUT2D eigenvalue weighted by Crippen LogP contribution is 2.43. The van der Waals surface area contributed by atoms with Crippen LogP contribution in [0.25, 0.3) is 0 Å². The van der Waals surface area contributed by atoms with Crippen LogP contribution in [0.15, 0.2) is 23.8 Å². The van der Waals surface area contributed by atoms with E-state index in [-0.39, 0.29) is 5.97 Å². The Morgan fingerprint density at radius 1 is 1.06 bits per heavy atom. The molecule has 2 heteroatoms. The first-order valence-electron chi connectivity index (χ1n) is 7.24. The third kappa shape index (κ3) is 2.25. The largest absolute Gasteiger partial charge is 0.466 e. The third-order valence-corrected chi connectivity index (χ3v) is 4.92. The number of fused-ring (bicyclic) bond motifs is 4. The number of allylic oxidation sites excluding steroid dienone is 3. The molecule has 0 radical (unpaired) electrons. The van der Waals surface area contributed by atoms with Gasteiger partial charge < -0.3 is 4.74 Å². The van der Waals surface area contributed by atoms with E-state index in [0.717, 1.165) is 17.4 Å². The van der Waals surface area contributed by atoms with Gasteiger partial charge in [-0.3, -0.25) is 0 Å². The number of ether oxygens (including phenoxy) is 1. The molecule has 0 spiro atoms. The summed E-state index contributed by atoms with van der Waals surface area (Å²) in [7, 11) is 1.45. The quantitative estimate of drug-likeness (QED) is 0.523. The first kappa shape index (κ1) is 12.0. The monoisotopic (exact) mass is 246 g/mol. The molecular weight excluding hydrogens is 224 g/mol. The molecule has 0 aliphatic heterocycles. The maximum Gasteiger partial charge on any atom is 0.333 e. The number of hydrogen-bond donors (Lipinski definition) is 0. The van der Waals surface area contributed by atoms with Crippen LogP contribution in [-0.2, 0) is 9.53 Å². The van der Waals surface area contributed by atoms with Crippen molar-refractivity contribution < 1.29 is 9.53 Å². The molecule has 0 saturated heterocycles. The Morgan fingerprint density at radius 3 is 2.06 bits per heavy atom. The molecule has 2 nitrogen and oxygen atoms in total. The second-order valence-electron chi connectivity index (χ2n) is 6.10. The summed E-state index contributed by atoms with van der Waals surface area (Å²) >= 11 is 0. The van der Waals surface area contributed by atoms with E-state index in [1.165, 1.54) is 45.6 Å². The van der Waals surface area contributed by atoms with Crippen molar-refractivity contribution in [2.24, 2.45) is 23.7 Å². The van der Waals surface area contributed by atoms with Crippen molar-refractivity contribution in [1.29, 1.82) is 0 Å². The zero-order chi connectivity index (χ0) is 12.5. The summed E-state index contributed by atoms with van der Waals surface area (Å²) < 4.78 is 4.68. The molecule has 0 aromatic heterocycles. The zero-order valence-electron chi connectivity index (χ0n) is 11.1. The molecule has 18 heavy (non-hydrogen) atoms. The maximum atomic E-state index is 11.1. The van der Waals surface area contributed by atoms with Crippen molar-refractivity contribution in [3.63, 3.8) is 0 Å². The first-order valence-corrected chi connectivity index (χ1v) is 7.24. The van der Waals surface area contributed by atoms with Gasteiger partial charge in [-0.1, -0.05) is 18.2 Å². The highest BCUT2D eigenvalue weighted by atomic mass is 16.5. The minimum atomic E-state index is -0.114. The Balaban J connectivity index is 0.000000122. The fourth-order valence-electron chi connectivity index (χ4n) is 3.91. The van der Waals surface area contributed by atoms with Gasteiger partial charge in [0.1, 0.15) is 0 Å². The second-order valence-corrected chi connectivity index (χ2v) is 6.10. The van der Waals surface area contributed by atoms with Crippen molar-refractivity contribution in [3.05, 3.63) is 23.8 Å². The Morgan fingerprint density at radius 2 is 1.72 bits per heavy atom. The van der Waals surface area contributed by atoms with Crippen LogP contribution < -0.4 is 0 Å². The Bertz CT molecular complexity index is 382. The van der Waals surface area contributed by atoms with Crippen LogP contribution in [0.1, 0.15) is 38.5 Å². The number of carbonyl (C=O) groups excluding carboxylic acids is 1. The van der Waals surface area contributed by atoms with Gasteiger partial charge in [-0.25, -0.2) is 4.79 Å². The zero-order valence-corrected chi connectivity index (χ0v) is 11.1. The van der Waals surface area contributed by atoms with Crippen LogP contribution in [0.5, 0.6) is 0 Å². The van der Waals surface area contributed by atoms with Gasteiger partial charge in [-0.05, 0) is 62.2 Å². The average Bonchev–Trinajstić information content (AvgIpc) is 3.17. The minimum absolute atomic E-state index is 0.114. The van der Waals surface area contributed by atoms with E-state index in [1.807, 2.05) is 0 Å². The molecule has 4 rings (SSSR count). The molecule has 0 aromatic rings. The molecule has 0 heterocycles. The molecule has 4 aliphatic rings. The topological polar surface area (TPSA) is 26.3 Å². The summed E-state index contributed by atoms with van der Waals surface area (Å²) in [6, 6.07) is 0. The Labute approximate surface area is 109 Å². The maximum absolute atomic E-state index is 11.1. The van der Waals surface area contributed by atoms with Crippen molar-refractivity contribution >= 4 is 5.97 Å². The SMILES string of the molecule is C1=CC2CCC1C2.COC(=O)C1=CC2CCC1C2. The van der Waals surface area contributed by atoms with Gasteiger partial charge in [0, 0.05) is 5.57 Å². The van der Waals surface area contributed by atoms with Gasteiger partial charge in [0.2, 0.25) is 0 Å². The van der Waals surface area contributed by atoms with E-state index in [9.17, 15) is 4.79 Å². The number of esters is 1. The lowest BCUT2D eigenvalue weighted by molar-refractivity contribution is -0.136. The van der Waals surface area contributed by atoms with Gasteiger partial charge in [-0.15, -0.1) is 0 Å². The Kier molecular flexibility index (Phi) is 3.27. The highest BCUT2D eigenvalue weighted by Gasteiger charge is 2.36. The molecule has 0 N–H and O–H groups in total. The molecule has 0 amide bonds. The summed E-state index contributed by atoms with van der Waals surface area (Å²) in [6.45, 7) is 0. The number of hydrogen-bond acceptors (Lipinski definition) is 2. The average molecular weight is 246 g/mol. The second kappa shape index (κ2) is 4.91. The van der Waals surface area contributed by atoms with Crippen LogP contribution in [0.4, 0.5) is 0 Å². The smallest absolute Gasteiger partial charge is 0.333 e. The molecule has 4 atom stereocenters. The van der Waals surface area contributed by atoms with Gasteiger partial charge >= 0.3 is 5.97 Å². The molecular formula is C16H22O2. The molecule has 0 aromatic carbocycles. The van der Waals surface area contributed by atoms with Crippen molar-refractivity contribution in [2.45, 2.75) is 38.5 Å². The third-order valence-electron chi connectivity index (χ3n) is 4.92. The Hall–Kier alpha value is -1.05. The lowest BCUT2D eigenvalue weighted by Gasteiger charge is -2.09. The highest BCUT2D eigenvalue weighted by molar-refractivity contribution is 5.89. The molecule has 4 aliphatic carbocycles. The lowest BCUT2D eigenvalue weighted by atomic mass is 9.99. The number of carbonyl (C=O) groups is 1. The van der Waals surface area contributed by atoms with Crippen molar-refractivity contribution in [2.75, 3.05) is 7.11 Å². The van der Waals surface area contributed by atoms with Crippen molar-refractivity contribution in [3.8, 4) is 0 Å². The predicted molar refractivity (Wildman–Crippen MR) is 70.9 cm³/mol.